The highest BCUT2D eigenvalue weighted by Gasteiger charge is 2.13. The summed E-state index contributed by atoms with van der Waals surface area (Å²) in [7, 11) is 0. The molecule has 4 nitrogen and oxygen atoms in total. The molecule has 0 bridgehead atoms. The molecule has 0 saturated carbocycles. The molecular formula is C23H24N2O2S. The number of nitrogens with one attached hydrogen (secondary N) is 1. The molecule has 2 N–H and O–H groups in total. The van der Waals surface area contributed by atoms with E-state index in [0.717, 1.165) is 48.5 Å². The number of aromatic nitrogens is 1. The molecule has 1 aliphatic rings. The van der Waals surface area contributed by atoms with Crippen molar-refractivity contribution in [1.29, 1.82) is 0 Å². The largest absolute Gasteiger partial charge is 0.478 e. The van der Waals surface area contributed by atoms with Crippen molar-refractivity contribution in [3.05, 3.63) is 77.5 Å². The zero-order chi connectivity index (χ0) is 19.3. The molecule has 0 unspecified atom stereocenters. The first kappa shape index (κ1) is 18.8. The van der Waals surface area contributed by atoms with Gasteiger partial charge >= 0.3 is 5.97 Å². The van der Waals surface area contributed by atoms with Crippen LogP contribution in [0.15, 0.2) is 60.8 Å². The lowest BCUT2D eigenvalue weighted by Crippen LogP contribution is -2.30. The summed E-state index contributed by atoms with van der Waals surface area (Å²) in [6, 6.07) is 15.9. The highest BCUT2D eigenvalue weighted by molar-refractivity contribution is 7.98. The Balaban J connectivity index is 1.26. The Hall–Kier alpha value is -2.50. The lowest BCUT2D eigenvalue weighted by atomic mass is 10.00. The topological polar surface area (TPSA) is 56.3 Å². The summed E-state index contributed by atoms with van der Waals surface area (Å²) in [6.07, 6.45) is 5.48. The number of H-pyrrole nitrogens is 1. The molecule has 2 aromatic carbocycles. The minimum Gasteiger partial charge on any atom is -0.478 e. The van der Waals surface area contributed by atoms with Gasteiger partial charge in [-0.05, 0) is 35.3 Å². The highest BCUT2D eigenvalue weighted by Crippen LogP contribution is 2.25. The van der Waals surface area contributed by atoms with E-state index in [9.17, 15) is 4.79 Å². The Bertz CT molecular complexity index is 994. The number of nitrogens with zero attached hydrogens (tertiary/aromatic N) is 1. The number of aromatic carboxylic acids is 1. The number of fused-ring (bicyclic) bond motifs is 1. The van der Waals surface area contributed by atoms with E-state index in [4.69, 9.17) is 5.11 Å². The van der Waals surface area contributed by atoms with Crippen LogP contribution in [0, 0.1) is 0 Å². The third kappa shape index (κ3) is 4.32. The second-order valence-electron chi connectivity index (χ2n) is 7.08. The molecule has 5 heteroatoms. The van der Waals surface area contributed by atoms with Crippen LogP contribution in [0.5, 0.6) is 0 Å². The molecule has 0 spiro atoms. The van der Waals surface area contributed by atoms with Crippen molar-refractivity contribution in [2.45, 2.75) is 12.2 Å². The molecule has 28 heavy (non-hydrogen) atoms. The second kappa shape index (κ2) is 8.67. The van der Waals surface area contributed by atoms with Crippen molar-refractivity contribution < 1.29 is 9.90 Å². The quantitative estimate of drug-likeness (QED) is 0.562. The van der Waals surface area contributed by atoms with Crippen molar-refractivity contribution in [2.24, 2.45) is 0 Å². The fraction of sp³-hybridized carbons (Fsp3) is 0.261. The molecule has 0 aliphatic carbocycles. The second-order valence-corrected chi connectivity index (χ2v) is 8.18. The fourth-order valence-corrected chi connectivity index (χ4v) is 4.63. The van der Waals surface area contributed by atoms with Gasteiger partial charge in [-0.2, -0.15) is 11.8 Å². The molecule has 2 heterocycles. The summed E-state index contributed by atoms with van der Waals surface area (Å²) in [5.41, 5.74) is 5.26. The molecule has 1 aromatic heterocycles. The maximum Gasteiger partial charge on any atom is 0.335 e. The number of hydrogen-bond donors (Lipinski definition) is 2. The molecule has 0 atom stereocenters. The monoisotopic (exact) mass is 392 g/mol. The molecule has 1 aliphatic heterocycles. The summed E-state index contributed by atoms with van der Waals surface area (Å²) in [6.45, 7) is 3.23. The number of hydrogen-bond acceptors (Lipinski definition) is 3. The number of carboxylic acids is 1. The van der Waals surface area contributed by atoms with Crippen LogP contribution in [-0.4, -0.2) is 46.3 Å². The number of benzene rings is 2. The molecule has 3 aromatic rings. The van der Waals surface area contributed by atoms with Crippen LogP contribution in [-0.2, 0) is 5.75 Å². The number of rotatable bonds is 7. The standard InChI is InChI=1S/C23H24N2O2S/c26-23(27)19-6-7-21-20(15-24-22(21)14-19)16-28-13-12-25-10-8-18(9-11-25)17-4-2-1-3-5-17/h1-8,14-15,24H,9-13,16H2,(H,26,27). The molecule has 144 valence electrons. The van der Waals surface area contributed by atoms with E-state index in [1.807, 2.05) is 24.0 Å². The number of aromatic amines is 1. The van der Waals surface area contributed by atoms with Crippen LogP contribution in [0.4, 0.5) is 0 Å². The van der Waals surface area contributed by atoms with E-state index in [1.54, 1.807) is 12.1 Å². The third-order valence-corrected chi connectivity index (χ3v) is 6.25. The lowest BCUT2D eigenvalue weighted by Gasteiger charge is -2.26. The zero-order valence-electron chi connectivity index (χ0n) is 15.7. The van der Waals surface area contributed by atoms with Crippen molar-refractivity contribution in [3.8, 4) is 0 Å². The Labute approximate surface area is 169 Å². The van der Waals surface area contributed by atoms with Crippen molar-refractivity contribution in [2.75, 3.05) is 25.4 Å². The summed E-state index contributed by atoms with van der Waals surface area (Å²) < 4.78 is 0. The first-order valence-electron chi connectivity index (χ1n) is 9.58. The number of carbonyl (C=O) groups is 1. The van der Waals surface area contributed by atoms with Crippen LogP contribution in [0.3, 0.4) is 0 Å². The third-order valence-electron chi connectivity index (χ3n) is 5.26. The maximum absolute atomic E-state index is 11.1. The van der Waals surface area contributed by atoms with Gasteiger partial charge in [-0.25, -0.2) is 4.79 Å². The average Bonchev–Trinajstić information content (AvgIpc) is 3.14. The Morgan fingerprint density at radius 1 is 1.18 bits per heavy atom. The van der Waals surface area contributed by atoms with Crippen LogP contribution >= 0.6 is 11.8 Å². The summed E-state index contributed by atoms with van der Waals surface area (Å²) >= 11 is 1.93. The molecule has 0 fully saturated rings. The van der Waals surface area contributed by atoms with Gasteiger partial charge in [0.1, 0.15) is 0 Å². The van der Waals surface area contributed by atoms with E-state index >= 15 is 0 Å². The normalized spacial score (nSPS) is 14.9. The van der Waals surface area contributed by atoms with Gasteiger partial charge in [0, 0.05) is 48.2 Å². The minimum absolute atomic E-state index is 0.321. The van der Waals surface area contributed by atoms with Crippen LogP contribution in [0.1, 0.15) is 27.9 Å². The number of carboxylic acid groups (broad SMARTS) is 1. The molecule has 0 saturated heterocycles. The predicted octanol–water partition coefficient (Wildman–Crippen LogP) is 4.89. The molecular weight excluding hydrogens is 368 g/mol. The Morgan fingerprint density at radius 3 is 2.79 bits per heavy atom. The van der Waals surface area contributed by atoms with Gasteiger partial charge in [-0.1, -0.05) is 42.5 Å². The van der Waals surface area contributed by atoms with E-state index < -0.39 is 5.97 Å². The predicted molar refractivity (Wildman–Crippen MR) is 117 cm³/mol. The number of thioether (sulfide) groups is 1. The van der Waals surface area contributed by atoms with Gasteiger partial charge < -0.3 is 10.1 Å². The van der Waals surface area contributed by atoms with Crippen LogP contribution in [0.25, 0.3) is 16.5 Å². The first-order chi connectivity index (χ1) is 13.7. The smallest absolute Gasteiger partial charge is 0.335 e. The van der Waals surface area contributed by atoms with Gasteiger partial charge in [0.05, 0.1) is 5.56 Å². The van der Waals surface area contributed by atoms with Gasteiger partial charge in [0.15, 0.2) is 0 Å². The SMILES string of the molecule is O=C(O)c1ccc2c(CSCCN3CC=C(c4ccccc4)CC3)c[nH]c2c1. The lowest BCUT2D eigenvalue weighted by molar-refractivity contribution is 0.0697. The van der Waals surface area contributed by atoms with Crippen molar-refractivity contribution in [1.82, 2.24) is 9.88 Å². The van der Waals surface area contributed by atoms with Gasteiger partial charge in [0.2, 0.25) is 0 Å². The molecule has 4 rings (SSSR count). The minimum atomic E-state index is -0.890. The van der Waals surface area contributed by atoms with E-state index in [-0.39, 0.29) is 0 Å². The Morgan fingerprint density at radius 2 is 2.04 bits per heavy atom. The Kier molecular flexibility index (Phi) is 5.84. The molecule has 0 amide bonds. The average molecular weight is 393 g/mol. The fourth-order valence-electron chi connectivity index (χ4n) is 3.64. The van der Waals surface area contributed by atoms with E-state index in [1.165, 1.54) is 16.7 Å². The van der Waals surface area contributed by atoms with Gasteiger partial charge in [0.25, 0.3) is 0 Å². The van der Waals surface area contributed by atoms with Gasteiger partial charge in [-0.15, -0.1) is 0 Å². The van der Waals surface area contributed by atoms with Crippen molar-refractivity contribution >= 4 is 34.2 Å². The summed E-state index contributed by atoms with van der Waals surface area (Å²) in [5, 5.41) is 10.2. The van der Waals surface area contributed by atoms with Crippen LogP contribution < -0.4 is 0 Å². The van der Waals surface area contributed by atoms with Crippen molar-refractivity contribution in [3.63, 3.8) is 0 Å². The molecule has 0 radical (unpaired) electrons. The van der Waals surface area contributed by atoms with Gasteiger partial charge in [-0.3, -0.25) is 4.90 Å². The summed E-state index contributed by atoms with van der Waals surface area (Å²) in [4.78, 5) is 16.8. The van der Waals surface area contributed by atoms with E-state index in [2.05, 4.69) is 46.3 Å². The van der Waals surface area contributed by atoms with E-state index in [0.29, 0.717) is 5.56 Å². The maximum atomic E-state index is 11.1. The summed E-state index contributed by atoms with van der Waals surface area (Å²) in [5.74, 6) is 1.14. The van der Waals surface area contributed by atoms with Crippen LogP contribution in [0.2, 0.25) is 0 Å². The first-order valence-corrected chi connectivity index (χ1v) is 10.7. The highest BCUT2D eigenvalue weighted by atomic mass is 32.2. The zero-order valence-corrected chi connectivity index (χ0v) is 16.5.